The molecule has 9 heteroatoms. The first kappa shape index (κ1) is 24.3. The molecular formula is C12H14O8Pd. The number of rotatable bonds is 8. The monoisotopic (exact) mass is 392 g/mol. The molecule has 0 aliphatic rings. The molecule has 0 unspecified atom stereocenters. The van der Waals surface area contributed by atoms with Gasteiger partial charge in [0.05, 0.1) is 0 Å². The second kappa shape index (κ2) is 13.3. The first-order chi connectivity index (χ1) is 9.07. The van der Waals surface area contributed by atoms with Crippen LogP contribution in [0.25, 0.3) is 0 Å². The van der Waals surface area contributed by atoms with E-state index in [0.29, 0.717) is 0 Å². The van der Waals surface area contributed by atoms with Crippen LogP contribution in [0, 0.1) is 0 Å². The second-order valence-electron chi connectivity index (χ2n) is 3.83. The van der Waals surface area contributed by atoms with Gasteiger partial charge in [-0.1, -0.05) is 0 Å². The van der Waals surface area contributed by atoms with Crippen LogP contribution in [0.4, 0.5) is 0 Å². The number of ketones is 4. The van der Waals surface area contributed by atoms with Gasteiger partial charge in [-0.05, 0) is 13.8 Å². The summed E-state index contributed by atoms with van der Waals surface area (Å²) >= 11 is 0. The number of aliphatic carboxylic acids is 2. The van der Waals surface area contributed by atoms with Gasteiger partial charge in [-0.15, -0.1) is 0 Å². The number of carbonyl (C=O) groups excluding carboxylic acids is 6. The summed E-state index contributed by atoms with van der Waals surface area (Å²) in [6.07, 6.45) is -0.547. The van der Waals surface area contributed by atoms with E-state index in [1.54, 1.807) is 0 Å². The summed E-state index contributed by atoms with van der Waals surface area (Å²) in [5.41, 5.74) is 0. The van der Waals surface area contributed by atoms with E-state index < -0.39 is 23.5 Å². The Kier molecular flexibility index (Phi) is 15.4. The van der Waals surface area contributed by atoms with Crippen LogP contribution in [0.3, 0.4) is 0 Å². The van der Waals surface area contributed by atoms with Crippen molar-refractivity contribution in [3.8, 4) is 0 Å². The van der Waals surface area contributed by atoms with Gasteiger partial charge in [-0.2, -0.15) is 0 Å². The van der Waals surface area contributed by atoms with Crippen LogP contribution in [0.15, 0.2) is 0 Å². The second-order valence-corrected chi connectivity index (χ2v) is 3.83. The van der Waals surface area contributed by atoms with E-state index in [0.717, 1.165) is 0 Å². The third-order valence-corrected chi connectivity index (χ3v) is 1.86. The van der Waals surface area contributed by atoms with Crippen molar-refractivity contribution in [2.24, 2.45) is 0 Å². The molecule has 0 aliphatic heterocycles. The molecule has 0 aromatic rings. The molecule has 0 bridgehead atoms. The Bertz CT molecular complexity index is 387. The van der Waals surface area contributed by atoms with Gasteiger partial charge in [-0.25, -0.2) is 0 Å². The Morgan fingerprint density at radius 2 is 0.857 bits per heavy atom. The summed E-state index contributed by atoms with van der Waals surface area (Å²) in [7, 11) is 0. The van der Waals surface area contributed by atoms with E-state index in [1.807, 2.05) is 0 Å². The smallest absolute Gasteiger partial charge is 0.542 e. The van der Waals surface area contributed by atoms with Gasteiger partial charge in [0.2, 0.25) is 0 Å². The molecule has 0 amide bonds. The van der Waals surface area contributed by atoms with Gasteiger partial charge in [0.25, 0.3) is 0 Å². The number of carboxylic acids is 2. The number of carboxylic acid groups (broad SMARTS) is 2. The predicted octanol–water partition coefficient (Wildman–Crippen LogP) is -2.65. The van der Waals surface area contributed by atoms with Gasteiger partial charge in [-0.3, -0.25) is 9.59 Å². The molecule has 0 aromatic carbocycles. The topological polar surface area (TPSA) is 149 Å². The van der Waals surface area contributed by atoms with Crippen molar-refractivity contribution in [3.05, 3.63) is 0 Å². The fraction of sp³-hybridized carbons (Fsp3) is 0.500. The van der Waals surface area contributed by atoms with E-state index in [-0.39, 0.29) is 57.7 Å². The first-order valence-electron chi connectivity index (χ1n) is 5.55. The van der Waals surface area contributed by atoms with Crippen LogP contribution in [0.2, 0.25) is 0 Å². The maximum atomic E-state index is 10.2. The quantitative estimate of drug-likeness (QED) is 0.321. The molecular weight excluding hydrogens is 379 g/mol. The molecule has 120 valence electrons. The van der Waals surface area contributed by atoms with Crippen LogP contribution in [0.5, 0.6) is 0 Å². The van der Waals surface area contributed by atoms with Crippen LogP contribution in [0.1, 0.15) is 39.5 Å². The zero-order valence-electron chi connectivity index (χ0n) is 11.4. The van der Waals surface area contributed by atoms with E-state index in [2.05, 4.69) is 0 Å². The summed E-state index contributed by atoms with van der Waals surface area (Å²) in [6, 6.07) is 0. The Hall–Kier alpha value is -1.72. The van der Waals surface area contributed by atoms with E-state index in [4.69, 9.17) is 0 Å². The third kappa shape index (κ3) is 18.3. The summed E-state index contributed by atoms with van der Waals surface area (Å²) in [5.74, 6) is -5.88. The SMILES string of the molecule is CC(=O)CCC(=O)C(=O)[O-].CC(=O)CCC(=O)C(=O)[O-].[Pd+2]. The van der Waals surface area contributed by atoms with Crippen LogP contribution in [-0.4, -0.2) is 35.1 Å². The van der Waals surface area contributed by atoms with Crippen molar-refractivity contribution in [1.29, 1.82) is 0 Å². The molecule has 0 saturated heterocycles. The van der Waals surface area contributed by atoms with Crippen LogP contribution >= 0.6 is 0 Å². The molecule has 0 rings (SSSR count). The summed E-state index contributed by atoms with van der Waals surface area (Å²) < 4.78 is 0. The van der Waals surface area contributed by atoms with Crippen molar-refractivity contribution < 1.29 is 59.4 Å². The Balaban J connectivity index is -0.000000295. The Labute approximate surface area is 134 Å². The minimum atomic E-state index is -1.72. The molecule has 0 fully saturated rings. The minimum Gasteiger partial charge on any atom is -0.542 e. The van der Waals surface area contributed by atoms with Gasteiger partial charge < -0.3 is 29.4 Å². The maximum Gasteiger partial charge on any atom is 2.00 e. The molecule has 0 atom stereocenters. The van der Waals surface area contributed by atoms with Crippen LogP contribution in [-0.2, 0) is 49.2 Å². The van der Waals surface area contributed by atoms with Crippen molar-refractivity contribution in [2.45, 2.75) is 39.5 Å². The van der Waals surface area contributed by atoms with Gasteiger partial charge >= 0.3 is 20.4 Å². The summed E-state index contributed by atoms with van der Waals surface area (Å²) in [6.45, 7) is 2.59. The number of carbonyl (C=O) groups is 6. The third-order valence-electron chi connectivity index (χ3n) is 1.86. The van der Waals surface area contributed by atoms with Gasteiger partial charge in [0.15, 0.2) is 11.6 Å². The average Bonchev–Trinajstić information content (AvgIpc) is 2.33. The van der Waals surface area contributed by atoms with Crippen molar-refractivity contribution >= 4 is 35.1 Å². The normalized spacial score (nSPS) is 8.48. The number of hydrogen-bond acceptors (Lipinski definition) is 8. The molecule has 8 nitrogen and oxygen atoms in total. The van der Waals surface area contributed by atoms with E-state index >= 15 is 0 Å². The van der Waals surface area contributed by atoms with Crippen LogP contribution < -0.4 is 10.2 Å². The molecule has 0 saturated carbocycles. The molecule has 0 heterocycles. The van der Waals surface area contributed by atoms with Gasteiger partial charge in [0, 0.05) is 25.7 Å². The molecule has 0 radical (unpaired) electrons. The van der Waals surface area contributed by atoms with E-state index in [9.17, 15) is 39.0 Å². The zero-order valence-corrected chi connectivity index (χ0v) is 13.0. The maximum absolute atomic E-state index is 10.2. The summed E-state index contributed by atoms with van der Waals surface area (Å²) in [4.78, 5) is 60.4. The number of hydrogen-bond donors (Lipinski definition) is 0. The number of Topliss-reactive ketones (excluding diaryl/α,β-unsaturated/α-hetero) is 4. The zero-order chi connectivity index (χ0) is 16.3. The van der Waals surface area contributed by atoms with E-state index in [1.165, 1.54) is 13.8 Å². The largest absolute Gasteiger partial charge is 2.00 e. The Morgan fingerprint density at radius 3 is 1.00 bits per heavy atom. The average molecular weight is 393 g/mol. The summed E-state index contributed by atoms with van der Waals surface area (Å²) in [5, 5.41) is 19.5. The molecule has 0 N–H and O–H groups in total. The predicted molar refractivity (Wildman–Crippen MR) is 59.9 cm³/mol. The molecule has 0 aromatic heterocycles. The minimum absolute atomic E-state index is 0. The fourth-order valence-electron chi connectivity index (χ4n) is 0.783. The molecule has 0 aliphatic carbocycles. The van der Waals surface area contributed by atoms with Gasteiger partial charge in [0.1, 0.15) is 23.5 Å². The standard InChI is InChI=1S/2C6H8O4.Pd/c2*1-4(7)2-3-5(8)6(9)10;/h2*2-3H2,1H3,(H,9,10);/q;;+2/p-2. The first-order valence-corrected chi connectivity index (χ1v) is 5.55. The molecule has 0 spiro atoms. The Morgan fingerprint density at radius 1 is 0.619 bits per heavy atom. The molecule has 21 heavy (non-hydrogen) atoms. The fourth-order valence-corrected chi connectivity index (χ4v) is 0.783. The van der Waals surface area contributed by atoms with Crippen molar-refractivity contribution in [3.63, 3.8) is 0 Å². The van der Waals surface area contributed by atoms with Crippen molar-refractivity contribution in [2.75, 3.05) is 0 Å². The van der Waals surface area contributed by atoms with Crippen molar-refractivity contribution in [1.82, 2.24) is 0 Å².